The standard InChI is InChI=1S/C10H18O4.ClH/c1-10(2,3)14-9(13)7-5-4-6-8(11)12;/h4-7H2,1-3H3,(H,11,12);1H. The molecule has 0 radical (unpaired) electrons. The smallest absolute Gasteiger partial charge is 0.306 e. The van der Waals surface area contributed by atoms with E-state index in [-0.39, 0.29) is 24.8 Å². The van der Waals surface area contributed by atoms with Gasteiger partial charge in [0, 0.05) is 12.8 Å². The average molecular weight is 239 g/mol. The number of halogens is 1. The third-order valence-electron chi connectivity index (χ3n) is 1.44. The molecule has 15 heavy (non-hydrogen) atoms. The first-order valence-corrected chi connectivity index (χ1v) is 4.75. The van der Waals surface area contributed by atoms with Gasteiger partial charge in [0.1, 0.15) is 5.60 Å². The minimum Gasteiger partial charge on any atom is -0.481 e. The highest BCUT2D eigenvalue weighted by Gasteiger charge is 2.15. The predicted octanol–water partition coefficient (Wildman–Crippen LogP) is 2.39. The largest absolute Gasteiger partial charge is 0.481 e. The van der Waals surface area contributed by atoms with Crippen molar-refractivity contribution in [2.24, 2.45) is 0 Å². The number of hydrogen-bond donors (Lipinski definition) is 1. The van der Waals surface area contributed by atoms with Gasteiger partial charge in [-0.2, -0.15) is 0 Å². The van der Waals surface area contributed by atoms with E-state index < -0.39 is 11.6 Å². The van der Waals surface area contributed by atoms with E-state index in [2.05, 4.69) is 0 Å². The highest BCUT2D eigenvalue weighted by atomic mass is 35.5. The first kappa shape index (κ1) is 16.7. The SMILES string of the molecule is CC(C)(C)OC(=O)CCCCC(=O)O.Cl. The third kappa shape index (κ3) is 13.2. The summed E-state index contributed by atoms with van der Waals surface area (Å²) in [4.78, 5) is 21.3. The van der Waals surface area contributed by atoms with Crippen LogP contribution in [0.2, 0.25) is 0 Å². The highest BCUT2D eigenvalue weighted by molar-refractivity contribution is 5.85. The monoisotopic (exact) mass is 238 g/mol. The van der Waals surface area contributed by atoms with Crippen LogP contribution in [-0.4, -0.2) is 22.6 Å². The van der Waals surface area contributed by atoms with Gasteiger partial charge in [-0.15, -0.1) is 12.4 Å². The summed E-state index contributed by atoms with van der Waals surface area (Å²) in [6.45, 7) is 5.42. The molecule has 0 spiro atoms. The van der Waals surface area contributed by atoms with Crippen molar-refractivity contribution in [1.29, 1.82) is 0 Å². The molecular weight excluding hydrogens is 220 g/mol. The van der Waals surface area contributed by atoms with E-state index in [0.717, 1.165) is 0 Å². The molecule has 1 N–H and O–H groups in total. The van der Waals surface area contributed by atoms with E-state index in [4.69, 9.17) is 9.84 Å². The number of rotatable bonds is 5. The van der Waals surface area contributed by atoms with Crippen LogP contribution in [0.1, 0.15) is 46.5 Å². The Morgan fingerprint density at radius 1 is 1.13 bits per heavy atom. The van der Waals surface area contributed by atoms with Crippen molar-refractivity contribution in [2.75, 3.05) is 0 Å². The van der Waals surface area contributed by atoms with Crippen LogP contribution in [0.4, 0.5) is 0 Å². The summed E-state index contributed by atoms with van der Waals surface area (Å²) in [5, 5.41) is 8.35. The summed E-state index contributed by atoms with van der Waals surface area (Å²) in [5.41, 5.74) is -0.454. The molecule has 0 aliphatic carbocycles. The lowest BCUT2D eigenvalue weighted by Crippen LogP contribution is -2.23. The molecule has 0 amide bonds. The third-order valence-corrected chi connectivity index (χ3v) is 1.44. The molecule has 0 aromatic heterocycles. The van der Waals surface area contributed by atoms with Crippen molar-refractivity contribution in [2.45, 2.75) is 52.1 Å². The fourth-order valence-electron chi connectivity index (χ4n) is 0.938. The average Bonchev–Trinajstić information content (AvgIpc) is 1.94. The van der Waals surface area contributed by atoms with Crippen LogP contribution in [0.3, 0.4) is 0 Å². The van der Waals surface area contributed by atoms with E-state index in [1.807, 2.05) is 20.8 Å². The lowest BCUT2D eigenvalue weighted by molar-refractivity contribution is -0.155. The summed E-state index contributed by atoms with van der Waals surface area (Å²) < 4.78 is 5.06. The van der Waals surface area contributed by atoms with Crippen LogP contribution in [0.5, 0.6) is 0 Å². The minimum atomic E-state index is -0.825. The van der Waals surface area contributed by atoms with Crippen LogP contribution in [0.25, 0.3) is 0 Å². The molecule has 0 saturated carbocycles. The van der Waals surface area contributed by atoms with Crippen molar-refractivity contribution in [3.8, 4) is 0 Å². The van der Waals surface area contributed by atoms with Gasteiger partial charge >= 0.3 is 11.9 Å². The maximum Gasteiger partial charge on any atom is 0.306 e. The van der Waals surface area contributed by atoms with E-state index in [1.54, 1.807) is 0 Å². The number of hydrogen-bond acceptors (Lipinski definition) is 3. The van der Waals surface area contributed by atoms with Crippen LogP contribution >= 0.6 is 12.4 Å². The summed E-state index contributed by atoms with van der Waals surface area (Å²) in [6.07, 6.45) is 1.50. The first-order valence-electron chi connectivity index (χ1n) is 4.75. The number of aliphatic carboxylic acids is 1. The minimum absolute atomic E-state index is 0. The first-order chi connectivity index (χ1) is 6.31. The molecule has 0 bridgehead atoms. The van der Waals surface area contributed by atoms with Crippen molar-refractivity contribution in [3.63, 3.8) is 0 Å². The van der Waals surface area contributed by atoms with Gasteiger partial charge in [0.05, 0.1) is 0 Å². The van der Waals surface area contributed by atoms with Crippen molar-refractivity contribution < 1.29 is 19.4 Å². The highest BCUT2D eigenvalue weighted by Crippen LogP contribution is 2.10. The van der Waals surface area contributed by atoms with E-state index in [1.165, 1.54) is 0 Å². The maximum absolute atomic E-state index is 11.1. The molecule has 0 rings (SSSR count). The van der Waals surface area contributed by atoms with Crippen molar-refractivity contribution in [3.05, 3.63) is 0 Å². The zero-order chi connectivity index (χ0) is 11.2. The summed E-state index contributed by atoms with van der Waals surface area (Å²) in [6, 6.07) is 0. The van der Waals surface area contributed by atoms with Gasteiger partial charge in [-0.25, -0.2) is 0 Å². The molecule has 0 aliphatic rings. The van der Waals surface area contributed by atoms with Crippen LogP contribution in [0, 0.1) is 0 Å². The molecule has 4 nitrogen and oxygen atoms in total. The molecule has 0 fully saturated rings. The summed E-state index contributed by atoms with van der Waals surface area (Å²) in [5.74, 6) is -1.09. The second-order valence-electron chi connectivity index (χ2n) is 4.19. The number of carbonyl (C=O) groups excluding carboxylic acids is 1. The number of unbranched alkanes of at least 4 members (excludes halogenated alkanes) is 1. The van der Waals surface area contributed by atoms with Crippen LogP contribution < -0.4 is 0 Å². The summed E-state index contributed by atoms with van der Waals surface area (Å²) in [7, 11) is 0. The Kier molecular flexibility index (Phi) is 8.34. The molecule has 0 aromatic carbocycles. The maximum atomic E-state index is 11.1. The topological polar surface area (TPSA) is 63.6 Å². The quantitative estimate of drug-likeness (QED) is 0.590. The Morgan fingerprint density at radius 2 is 1.60 bits per heavy atom. The zero-order valence-corrected chi connectivity index (χ0v) is 10.2. The Morgan fingerprint density at radius 3 is 2.00 bits per heavy atom. The Balaban J connectivity index is 0. The molecule has 0 aromatic rings. The van der Waals surface area contributed by atoms with E-state index in [0.29, 0.717) is 19.3 Å². The number of carboxylic acids is 1. The number of carbonyl (C=O) groups is 2. The molecule has 90 valence electrons. The van der Waals surface area contributed by atoms with Gasteiger partial charge in [-0.05, 0) is 33.6 Å². The Bertz CT molecular complexity index is 208. The number of esters is 1. The molecule has 0 atom stereocenters. The molecule has 5 heteroatoms. The van der Waals surface area contributed by atoms with Gasteiger partial charge in [-0.1, -0.05) is 0 Å². The lowest BCUT2D eigenvalue weighted by Gasteiger charge is -2.19. The van der Waals surface area contributed by atoms with E-state index in [9.17, 15) is 9.59 Å². The fourth-order valence-corrected chi connectivity index (χ4v) is 0.938. The number of ether oxygens (including phenoxy) is 1. The molecular formula is C10H19ClO4. The number of carboxylic acid groups (broad SMARTS) is 1. The zero-order valence-electron chi connectivity index (χ0n) is 9.41. The Hall–Kier alpha value is -0.770. The van der Waals surface area contributed by atoms with Crippen molar-refractivity contribution in [1.82, 2.24) is 0 Å². The van der Waals surface area contributed by atoms with Crippen LogP contribution in [0.15, 0.2) is 0 Å². The second kappa shape index (κ2) is 7.51. The Labute approximate surface area is 96.4 Å². The fraction of sp³-hybridized carbons (Fsp3) is 0.800. The predicted molar refractivity (Wildman–Crippen MR) is 59.2 cm³/mol. The van der Waals surface area contributed by atoms with Gasteiger partial charge in [0.2, 0.25) is 0 Å². The molecule has 0 heterocycles. The molecule has 0 saturated heterocycles. The van der Waals surface area contributed by atoms with Gasteiger partial charge < -0.3 is 9.84 Å². The normalized spacial score (nSPS) is 10.3. The van der Waals surface area contributed by atoms with E-state index >= 15 is 0 Å². The van der Waals surface area contributed by atoms with Gasteiger partial charge in [0.15, 0.2) is 0 Å². The van der Waals surface area contributed by atoms with Crippen LogP contribution in [-0.2, 0) is 14.3 Å². The second-order valence-corrected chi connectivity index (χ2v) is 4.19. The molecule has 0 unspecified atom stereocenters. The van der Waals surface area contributed by atoms with Crippen molar-refractivity contribution >= 4 is 24.3 Å². The van der Waals surface area contributed by atoms with Gasteiger partial charge in [0.25, 0.3) is 0 Å². The molecule has 0 aliphatic heterocycles. The van der Waals surface area contributed by atoms with Gasteiger partial charge in [-0.3, -0.25) is 9.59 Å². The lowest BCUT2D eigenvalue weighted by atomic mass is 10.1. The summed E-state index contributed by atoms with van der Waals surface area (Å²) >= 11 is 0.